The van der Waals surface area contributed by atoms with Crippen LogP contribution in [0.5, 0.6) is 5.75 Å². The maximum absolute atomic E-state index is 10.5. The van der Waals surface area contributed by atoms with Crippen LogP contribution < -0.4 is 0 Å². The molecule has 0 saturated heterocycles. The number of aromatic nitrogens is 2. The standard InChI is InChI=1S/C18H26N2OS/c1-12-16(21)15(19-20(12)17(2,3)4)13-9-8-10-14(11-13)22-18(5,6)7/h8-11,21H,1-7H3. The summed E-state index contributed by atoms with van der Waals surface area (Å²) in [6.07, 6.45) is 0. The molecular weight excluding hydrogens is 292 g/mol. The first-order chi connectivity index (χ1) is 9.99. The van der Waals surface area contributed by atoms with E-state index in [2.05, 4.69) is 58.8 Å². The lowest BCUT2D eigenvalue weighted by Gasteiger charge is -2.20. The molecule has 1 N–H and O–H groups in total. The monoisotopic (exact) mass is 318 g/mol. The van der Waals surface area contributed by atoms with Crippen molar-refractivity contribution in [3.63, 3.8) is 0 Å². The Morgan fingerprint density at radius 2 is 1.73 bits per heavy atom. The summed E-state index contributed by atoms with van der Waals surface area (Å²) in [4.78, 5) is 1.19. The van der Waals surface area contributed by atoms with Crippen LogP contribution in [0.3, 0.4) is 0 Å². The number of benzene rings is 1. The molecule has 1 heterocycles. The van der Waals surface area contributed by atoms with E-state index >= 15 is 0 Å². The second kappa shape index (κ2) is 5.65. The molecule has 120 valence electrons. The van der Waals surface area contributed by atoms with Gasteiger partial charge in [0.2, 0.25) is 0 Å². The minimum Gasteiger partial charge on any atom is -0.504 e. The molecule has 0 unspecified atom stereocenters. The first-order valence-corrected chi connectivity index (χ1v) is 8.39. The third-order valence-electron chi connectivity index (χ3n) is 3.25. The van der Waals surface area contributed by atoms with Crippen molar-refractivity contribution in [2.24, 2.45) is 0 Å². The van der Waals surface area contributed by atoms with Crippen molar-refractivity contribution in [3.8, 4) is 17.0 Å². The number of hydrogen-bond donors (Lipinski definition) is 1. The topological polar surface area (TPSA) is 38.1 Å². The van der Waals surface area contributed by atoms with Gasteiger partial charge >= 0.3 is 0 Å². The van der Waals surface area contributed by atoms with Crippen molar-refractivity contribution < 1.29 is 5.11 Å². The largest absolute Gasteiger partial charge is 0.504 e. The van der Waals surface area contributed by atoms with E-state index in [1.807, 2.05) is 35.5 Å². The Morgan fingerprint density at radius 3 is 2.23 bits per heavy atom. The van der Waals surface area contributed by atoms with E-state index in [9.17, 15) is 5.11 Å². The third kappa shape index (κ3) is 3.67. The molecule has 1 aromatic heterocycles. The summed E-state index contributed by atoms with van der Waals surface area (Å²) in [6, 6.07) is 8.23. The normalized spacial score (nSPS) is 12.7. The molecular formula is C18H26N2OS. The Bertz CT molecular complexity index is 675. The van der Waals surface area contributed by atoms with E-state index in [0.717, 1.165) is 11.3 Å². The van der Waals surface area contributed by atoms with Gasteiger partial charge in [-0.15, -0.1) is 11.8 Å². The van der Waals surface area contributed by atoms with Gasteiger partial charge in [-0.3, -0.25) is 4.68 Å². The Morgan fingerprint density at radius 1 is 1.09 bits per heavy atom. The summed E-state index contributed by atoms with van der Waals surface area (Å²) < 4.78 is 2.04. The van der Waals surface area contributed by atoms with Crippen LogP contribution in [0.4, 0.5) is 0 Å². The van der Waals surface area contributed by atoms with Crippen molar-refractivity contribution in [3.05, 3.63) is 30.0 Å². The van der Waals surface area contributed by atoms with Crippen molar-refractivity contribution in [1.82, 2.24) is 9.78 Å². The van der Waals surface area contributed by atoms with Gasteiger partial charge < -0.3 is 5.11 Å². The summed E-state index contributed by atoms with van der Waals surface area (Å²) in [5.41, 5.74) is 2.26. The maximum atomic E-state index is 10.5. The number of rotatable bonds is 2. The summed E-state index contributed by atoms with van der Waals surface area (Å²) in [5.74, 6) is 0.271. The molecule has 0 aliphatic rings. The van der Waals surface area contributed by atoms with Gasteiger partial charge in [-0.1, -0.05) is 32.9 Å². The highest BCUT2D eigenvalue weighted by Gasteiger charge is 2.23. The Hall–Kier alpha value is -1.42. The fourth-order valence-electron chi connectivity index (χ4n) is 2.40. The zero-order valence-electron chi connectivity index (χ0n) is 14.6. The fraction of sp³-hybridized carbons (Fsp3) is 0.500. The molecule has 2 rings (SSSR count). The first-order valence-electron chi connectivity index (χ1n) is 7.57. The maximum Gasteiger partial charge on any atom is 0.164 e. The Balaban J connectivity index is 2.47. The second-order valence-electron chi connectivity index (χ2n) is 7.61. The average Bonchev–Trinajstić information content (AvgIpc) is 2.64. The van der Waals surface area contributed by atoms with Gasteiger partial charge in [-0.2, -0.15) is 5.10 Å². The lowest BCUT2D eigenvalue weighted by molar-refractivity contribution is 0.345. The first kappa shape index (κ1) is 16.9. The van der Waals surface area contributed by atoms with Crippen molar-refractivity contribution in [1.29, 1.82) is 0 Å². The zero-order chi connectivity index (χ0) is 16.7. The van der Waals surface area contributed by atoms with Gasteiger partial charge in [0.25, 0.3) is 0 Å². The Labute approximate surface area is 137 Å². The molecule has 3 nitrogen and oxygen atoms in total. The molecule has 0 fully saturated rings. The fourth-order valence-corrected chi connectivity index (χ4v) is 3.44. The van der Waals surface area contributed by atoms with E-state index < -0.39 is 0 Å². The molecule has 0 amide bonds. The number of thioether (sulfide) groups is 1. The zero-order valence-corrected chi connectivity index (χ0v) is 15.4. The molecule has 1 aromatic carbocycles. The van der Waals surface area contributed by atoms with Crippen LogP contribution in [-0.4, -0.2) is 19.6 Å². The van der Waals surface area contributed by atoms with Crippen molar-refractivity contribution in [2.75, 3.05) is 0 Å². The smallest absolute Gasteiger partial charge is 0.164 e. The molecule has 4 heteroatoms. The van der Waals surface area contributed by atoms with Crippen molar-refractivity contribution in [2.45, 2.75) is 63.6 Å². The predicted octanol–water partition coefficient (Wildman–Crippen LogP) is 5.21. The van der Waals surface area contributed by atoms with Crippen LogP contribution in [0.15, 0.2) is 29.2 Å². The summed E-state index contributed by atoms with van der Waals surface area (Å²) in [7, 11) is 0. The molecule has 0 bridgehead atoms. The van der Waals surface area contributed by atoms with Crippen molar-refractivity contribution >= 4 is 11.8 Å². The van der Waals surface area contributed by atoms with E-state index in [0.29, 0.717) is 5.69 Å². The lowest BCUT2D eigenvalue weighted by Crippen LogP contribution is -2.24. The van der Waals surface area contributed by atoms with Crippen LogP contribution >= 0.6 is 11.8 Å². The van der Waals surface area contributed by atoms with Gasteiger partial charge in [0.05, 0.1) is 11.2 Å². The van der Waals surface area contributed by atoms with E-state index in [4.69, 9.17) is 0 Å². The highest BCUT2D eigenvalue weighted by atomic mass is 32.2. The molecule has 0 radical (unpaired) electrons. The van der Waals surface area contributed by atoms with Crippen LogP contribution in [0.25, 0.3) is 11.3 Å². The van der Waals surface area contributed by atoms with Gasteiger partial charge in [0, 0.05) is 15.2 Å². The molecule has 2 aromatic rings. The number of aromatic hydroxyl groups is 1. The lowest BCUT2D eigenvalue weighted by atomic mass is 10.1. The Kier molecular flexibility index (Phi) is 4.35. The quantitative estimate of drug-likeness (QED) is 0.772. The highest BCUT2D eigenvalue weighted by Crippen LogP contribution is 2.37. The minimum atomic E-state index is -0.155. The predicted molar refractivity (Wildman–Crippen MR) is 94.7 cm³/mol. The van der Waals surface area contributed by atoms with Crippen LogP contribution in [-0.2, 0) is 5.54 Å². The van der Waals surface area contributed by atoms with Crippen LogP contribution in [0.2, 0.25) is 0 Å². The second-order valence-corrected chi connectivity index (χ2v) is 9.51. The van der Waals surface area contributed by atoms with Gasteiger partial charge in [-0.25, -0.2) is 0 Å². The number of nitrogens with zero attached hydrogens (tertiary/aromatic N) is 2. The molecule has 0 spiro atoms. The van der Waals surface area contributed by atoms with E-state index in [1.54, 1.807) is 0 Å². The highest BCUT2D eigenvalue weighted by molar-refractivity contribution is 8.00. The SMILES string of the molecule is Cc1c(O)c(-c2cccc(SC(C)(C)C)c2)nn1C(C)(C)C. The van der Waals surface area contributed by atoms with Crippen LogP contribution in [0, 0.1) is 6.92 Å². The number of hydrogen-bond acceptors (Lipinski definition) is 3. The van der Waals surface area contributed by atoms with Gasteiger partial charge in [0.1, 0.15) is 5.69 Å². The molecule has 22 heavy (non-hydrogen) atoms. The average molecular weight is 318 g/mol. The third-order valence-corrected chi connectivity index (χ3v) is 4.35. The van der Waals surface area contributed by atoms with E-state index in [-0.39, 0.29) is 16.0 Å². The molecule has 0 atom stereocenters. The molecule has 0 aliphatic heterocycles. The summed E-state index contributed by atoms with van der Waals surface area (Å²) in [6.45, 7) is 14.7. The molecule has 0 saturated carbocycles. The summed E-state index contributed by atoms with van der Waals surface area (Å²) >= 11 is 1.82. The van der Waals surface area contributed by atoms with Gasteiger partial charge in [-0.05, 0) is 39.8 Å². The van der Waals surface area contributed by atoms with Gasteiger partial charge in [0.15, 0.2) is 5.75 Å². The molecule has 0 aliphatic carbocycles. The summed E-state index contributed by atoms with van der Waals surface area (Å²) in [5, 5.41) is 15.1. The van der Waals surface area contributed by atoms with Crippen LogP contribution in [0.1, 0.15) is 47.2 Å². The minimum absolute atomic E-state index is 0.154. The van der Waals surface area contributed by atoms with E-state index in [1.165, 1.54) is 4.90 Å².